The molecule has 0 aromatic heterocycles. The number of aliphatic hydroxyl groups is 2. The summed E-state index contributed by atoms with van der Waals surface area (Å²) in [7, 11) is 0. The van der Waals surface area contributed by atoms with Crippen molar-refractivity contribution in [2.45, 2.75) is 33.6 Å². The Labute approximate surface area is 75.2 Å². The number of rotatable bonds is 3. The highest BCUT2D eigenvalue weighted by Crippen LogP contribution is 1.90. The van der Waals surface area contributed by atoms with Crippen LogP contribution in [0.4, 0.5) is 0 Å². The Balaban J connectivity index is 0. The highest BCUT2D eigenvalue weighted by Gasteiger charge is 1.77. The zero-order valence-electron chi connectivity index (χ0n) is 8.30. The molecule has 0 saturated heterocycles. The molecule has 0 unspecified atom stereocenters. The van der Waals surface area contributed by atoms with Crippen molar-refractivity contribution in [1.82, 2.24) is 0 Å². The van der Waals surface area contributed by atoms with E-state index in [1.165, 1.54) is 0 Å². The van der Waals surface area contributed by atoms with E-state index in [1.807, 2.05) is 13.8 Å². The van der Waals surface area contributed by atoms with Crippen molar-refractivity contribution in [2.24, 2.45) is 0 Å². The van der Waals surface area contributed by atoms with Gasteiger partial charge in [0.05, 0.1) is 5.76 Å². The summed E-state index contributed by atoms with van der Waals surface area (Å²) in [5.41, 5.74) is 1.04. The van der Waals surface area contributed by atoms with Crippen LogP contribution in [0.25, 0.3) is 0 Å². The van der Waals surface area contributed by atoms with Gasteiger partial charge in [0, 0.05) is 6.61 Å². The van der Waals surface area contributed by atoms with Crippen LogP contribution in [0.2, 0.25) is 0 Å². The van der Waals surface area contributed by atoms with Gasteiger partial charge in [-0.1, -0.05) is 12.5 Å². The first-order valence-electron chi connectivity index (χ1n) is 4.15. The molecule has 0 aliphatic heterocycles. The van der Waals surface area contributed by atoms with Gasteiger partial charge in [0.2, 0.25) is 0 Å². The fourth-order valence-electron chi connectivity index (χ4n) is 0.486. The quantitative estimate of drug-likeness (QED) is 0.507. The molecular formula is C10H20O2. The van der Waals surface area contributed by atoms with E-state index in [9.17, 15) is 0 Å². The van der Waals surface area contributed by atoms with Gasteiger partial charge < -0.3 is 10.2 Å². The first-order chi connectivity index (χ1) is 5.54. The van der Waals surface area contributed by atoms with Crippen molar-refractivity contribution in [1.29, 1.82) is 0 Å². The van der Waals surface area contributed by atoms with Crippen molar-refractivity contribution in [3.05, 3.63) is 24.0 Å². The van der Waals surface area contributed by atoms with Gasteiger partial charge in [-0.15, -0.1) is 6.58 Å². The Bertz CT molecular complexity index is 133. The fraction of sp³-hybridized carbons (Fsp3) is 0.600. The molecule has 0 aliphatic rings. The van der Waals surface area contributed by atoms with E-state index < -0.39 is 0 Å². The van der Waals surface area contributed by atoms with Gasteiger partial charge in [-0.2, -0.15) is 0 Å². The molecule has 0 amide bonds. The van der Waals surface area contributed by atoms with Gasteiger partial charge in [-0.25, -0.2) is 0 Å². The molecule has 0 fully saturated rings. The second kappa shape index (κ2) is 10.2. The maximum atomic E-state index is 8.41. The molecule has 0 aromatic carbocycles. The van der Waals surface area contributed by atoms with Gasteiger partial charge in [0.1, 0.15) is 0 Å². The number of allylic oxidation sites excluding steroid dienone is 2. The highest BCUT2D eigenvalue weighted by atomic mass is 16.3. The molecule has 2 heteroatoms. The summed E-state index contributed by atoms with van der Waals surface area (Å²) in [6.07, 6.45) is 3.42. The van der Waals surface area contributed by atoms with Crippen LogP contribution in [0.1, 0.15) is 33.6 Å². The minimum absolute atomic E-state index is 0.231. The van der Waals surface area contributed by atoms with Crippen LogP contribution < -0.4 is 0 Å². The monoisotopic (exact) mass is 172 g/mol. The van der Waals surface area contributed by atoms with Crippen molar-refractivity contribution in [3.8, 4) is 0 Å². The average molecular weight is 172 g/mol. The third-order valence-electron chi connectivity index (χ3n) is 1.04. The molecule has 72 valence electrons. The maximum absolute atomic E-state index is 8.41. The average Bonchev–Trinajstić information content (AvgIpc) is 1.87. The van der Waals surface area contributed by atoms with E-state index >= 15 is 0 Å². The minimum Gasteiger partial charge on any atom is -0.513 e. The molecule has 0 rings (SSSR count). The lowest BCUT2D eigenvalue weighted by molar-refractivity contribution is 0.299. The summed E-state index contributed by atoms with van der Waals surface area (Å²) in [6.45, 7) is 9.37. The van der Waals surface area contributed by atoms with E-state index in [4.69, 9.17) is 10.2 Å². The van der Waals surface area contributed by atoms with E-state index in [2.05, 4.69) is 6.58 Å². The Morgan fingerprint density at radius 3 is 1.92 bits per heavy atom. The topological polar surface area (TPSA) is 40.5 Å². The summed E-state index contributed by atoms with van der Waals surface area (Å²) in [5, 5.41) is 16.6. The summed E-state index contributed by atoms with van der Waals surface area (Å²) in [4.78, 5) is 0. The Hall–Kier alpha value is -0.760. The second-order valence-corrected chi connectivity index (χ2v) is 2.68. The molecule has 0 heterocycles. The van der Waals surface area contributed by atoms with Crippen molar-refractivity contribution < 1.29 is 10.2 Å². The zero-order valence-corrected chi connectivity index (χ0v) is 8.30. The minimum atomic E-state index is 0.231. The first kappa shape index (κ1) is 13.8. The van der Waals surface area contributed by atoms with Crippen LogP contribution in [0.3, 0.4) is 0 Å². The van der Waals surface area contributed by atoms with Gasteiger partial charge in [-0.3, -0.25) is 0 Å². The number of hydrogen-bond donors (Lipinski definition) is 2. The Morgan fingerprint density at radius 1 is 1.42 bits per heavy atom. The predicted molar refractivity (Wildman–Crippen MR) is 53.2 cm³/mol. The first-order valence-corrected chi connectivity index (χ1v) is 4.15. The normalized spacial score (nSPS) is 10.2. The summed E-state index contributed by atoms with van der Waals surface area (Å²) >= 11 is 0. The van der Waals surface area contributed by atoms with Crippen molar-refractivity contribution in [3.63, 3.8) is 0 Å². The second-order valence-electron chi connectivity index (χ2n) is 2.68. The molecule has 0 spiro atoms. The molecule has 12 heavy (non-hydrogen) atoms. The molecule has 0 aromatic rings. The van der Waals surface area contributed by atoms with Crippen LogP contribution >= 0.6 is 0 Å². The van der Waals surface area contributed by atoms with Crippen LogP contribution in [0, 0.1) is 0 Å². The van der Waals surface area contributed by atoms with E-state index in [-0.39, 0.29) is 6.61 Å². The molecule has 2 nitrogen and oxygen atoms in total. The van der Waals surface area contributed by atoms with Gasteiger partial charge in [0.15, 0.2) is 0 Å². The largest absolute Gasteiger partial charge is 0.513 e. The van der Waals surface area contributed by atoms with E-state index in [1.54, 1.807) is 13.0 Å². The number of hydrogen-bond acceptors (Lipinski definition) is 2. The molecule has 0 bridgehead atoms. The molecule has 0 radical (unpaired) electrons. The lowest BCUT2D eigenvalue weighted by Crippen LogP contribution is -1.79. The molecule has 2 N–H and O–H groups in total. The molecule has 0 aliphatic carbocycles. The lowest BCUT2D eigenvalue weighted by atomic mass is 10.3. The van der Waals surface area contributed by atoms with Gasteiger partial charge >= 0.3 is 0 Å². The fourth-order valence-corrected chi connectivity index (χ4v) is 0.486. The summed E-state index contributed by atoms with van der Waals surface area (Å²) in [5.74, 6) is 0.414. The van der Waals surface area contributed by atoms with E-state index in [0.717, 1.165) is 18.4 Å². The van der Waals surface area contributed by atoms with Crippen molar-refractivity contribution in [2.75, 3.05) is 6.61 Å². The van der Waals surface area contributed by atoms with Gasteiger partial charge in [-0.05, 0) is 32.8 Å². The third kappa shape index (κ3) is 22.8. The summed E-state index contributed by atoms with van der Waals surface area (Å²) < 4.78 is 0. The summed E-state index contributed by atoms with van der Waals surface area (Å²) in [6, 6.07) is 0. The predicted octanol–water partition coefficient (Wildman–Crippen LogP) is 2.80. The highest BCUT2D eigenvalue weighted by molar-refractivity contribution is 4.86. The SMILES string of the molecule is C=C(C)CCO.CCC=C(C)O. The van der Waals surface area contributed by atoms with E-state index in [0.29, 0.717) is 5.76 Å². The molecular weight excluding hydrogens is 152 g/mol. The standard InChI is InChI=1S/2C5H10O/c1-5(2)3-4-6;1-3-4-5(2)6/h6H,1,3-4H2,2H3;4,6H,3H2,1-2H3. The van der Waals surface area contributed by atoms with Crippen LogP contribution in [-0.4, -0.2) is 16.8 Å². The van der Waals surface area contributed by atoms with Crippen LogP contribution in [0.15, 0.2) is 24.0 Å². The third-order valence-corrected chi connectivity index (χ3v) is 1.04. The van der Waals surface area contributed by atoms with Gasteiger partial charge in [0.25, 0.3) is 0 Å². The van der Waals surface area contributed by atoms with Crippen LogP contribution in [-0.2, 0) is 0 Å². The Kier molecular flexibility index (Phi) is 11.8. The maximum Gasteiger partial charge on any atom is 0.0851 e. The van der Waals surface area contributed by atoms with Crippen molar-refractivity contribution >= 4 is 0 Å². The molecule has 0 atom stereocenters. The van der Waals surface area contributed by atoms with Crippen LogP contribution in [0.5, 0.6) is 0 Å². The number of aliphatic hydroxyl groups excluding tert-OH is 2. The lowest BCUT2D eigenvalue weighted by Gasteiger charge is -1.87. The smallest absolute Gasteiger partial charge is 0.0851 e. The Morgan fingerprint density at radius 2 is 1.92 bits per heavy atom. The zero-order chi connectivity index (χ0) is 9.98. The molecule has 0 saturated carbocycles.